The molecular weight excluding hydrogens is 294 g/mol. The lowest BCUT2D eigenvalue weighted by Crippen LogP contribution is -2.45. The third-order valence-electron chi connectivity index (χ3n) is 6.97. The lowest BCUT2D eigenvalue weighted by Gasteiger charge is -2.37. The number of para-hydroxylation sites is 1. The van der Waals surface area contributed by atoms with E-state index < -0.39 is 0 Å². The number of piperazine rings is 1. The van der Waals surface area contributed by atoms with Crippen molar-refractivity contribution in [1.29, 1.82) is 0 Å². The Kier molecular flexibility index (Phi) is 3.03. The number of hydrogen-bond donors (Lipinski definition) is 0. The number of fused-ring (bicyclic) bond motifs is 6. The molecule has 24 heavy (non-hydrogen) atoms. The predicted octanol–water partition coefficient (Wildman–Crippen LogP) is 3.99. The van der Waals surface area contributed by atoms with Crippen LogP contribution in [0.5, 0.6) is 0 Å². The van der Waals surface area contributed by atoms with Gasteiger partial charge in [-0.1, -0.05) is 32.0 Å². The van der Waals surface area contributed by atoms with Gasteiger partial charge in [-0.15, -0.1) is 0 Å². The van der Waals surface area contributed by atoms with Crippen molar-refractivity contribution in [2.24, 2.45) is 5.41 Å². The quantitative estimate of drug-likeness (QED) is 0.792. The lowest BCUT2D eigenvalue weighted by molar-refractivity contribution is 0.311. The Hall–Kier alpha value is -1.61. The first-order chi connectivity index (χ1) is 11.6. The van der Waals surface area contributed by atoms with Gasteiger partial charge in [-0.25, -0.2) is 0 Å². The topological polar surface area (TPSA) is 19.4 Å². The van der Waals surface area contributed by atoms with E-state index in [4.69, 9.17) is 4.98 Å². The molecule has 0 amide bonds. The maximum absolute atomic E-state index is 5.17. The first-order valence-corrected chi connectivity index (χ1v) is 9.43. The summed E-state index contributed by atoms with van der Waals surface area (Å²) >= 11 is 0. The fraction of sp³-hybridized carbons (Fsp3) is 0.571. The van der Waals surface area contributed by atoms with Crippen LogP contribution in [-0.4, -0.2) is 43.1 Å². The molecule has 5 rings (SSSR count). The highest BCUT2D eigenvalue weighted by atomic mass is 15.3. The molecule has 0 radical (unpaired) electrons. The third kappa shape index (κ3) is 1.85. The number of nitrogens with zero attached hydrogens (tertiary/aromatic N) is 3. The molecule has 3 aliphatic rings. The lowest BCUT2D eigenvalue weighted by atomic mass is 9.80. The number of pyridine rings is 1. The molecule has 1 saturated heterocycles. The highest BCUT2D eigenvalue weighted by molar-refractivity contribution is 5.95. The number of aromatic nitrogens is 1. The molecule has 2 bridgehead atoms. The number of anilines is 1. The molecule has 1 aromatic carbocycles. The Morgan fingerprint density at radius 3 is 2.50 bits per heavy atom. The van der Waals surface area contributed by atoms with Crippen LogP contribution in [0.2, 0.25) is 0 Å². The molecule has 0 N–H and O–H groups in total. The molecular formula is C21H27N3. The molecule has 1 saturated carbocycles. The van der Waals surface area contributed by atoms with E-state index in [1.165, 1.54) is 35.1 Å². The van der Waals surface area contributed by atoms with Gasteiger partial charge >= 0.3 is 0 Å². The Bertz CT molecular complexity index is 802. The van der Waals surface area contributed by atoms with Gasteiger partial charge in [0.1, 0.15) is 0 Å². The second-order valence-corrected chi connectivity index (χ2v) is 8.57. The molecule has 1 aromatic heterocycles. The molecule has 2 fully saturated rings. The number of rotatable bonds is 1. The van der Waals surface area contributed by atoms with Crippen molar-refractivity contribution in [3.05, 3.63) is 35.5 Å². The minimum atomic E-state index is 0.369. The summed E-state index contributed by atoms with van der Waals surface area (Å²) < 4.78 is 0. The van der Waals surface area contributed by atoms with Gasteiger partial charge in [0, 0.05) is 43.0 Å². The van der Waals surface area contributed by atoms with Crippen LogP contribution in [0.1, 0.15) is 49.8 Å². The second-order valence-electron chi connectivity index (χ2n) is 8.57. The van der Waals surface area contributed by atoms with Gasteiger partial charge in [-0.2, -0.15) is 0 Å². The van der Waals surface area contributed by atoms with Crippen molar-refractivity contribution in [2.45, 2.75) is 38.5 Å². The van der Waals surface area contributed by atoms with Gasteiger partial charge in [0.15, 0.2) is 0 Å². The zero-order chi connectivity index (χ0) is 16.5. The summed E-state index contributed by atoms with van der Waals surface area (Å²) in [5, 5.41) is 1.36. The average Bonchev–Trinajstić information content (AvgIpc) is 2.99. The molecule has 0 spiro atoms. The van der Waals surface area contributed by atoms with Crippen LogP contribution in [0, 0.1) is 5.41 Å². The molecule has 2 atom stereocenters. The first kappa shape index (κ1) is 14.7. The summed E-state index contributed by atoms with van der Waals surface area (Å²) in [7, 11) is 2.23. The highest BCUT2D eigenvalue weighted by Crippen LogP contribution is 2.66. The normalized spacial score (nSPS) is 28.5. The fourth-order valence-corrected chi connectivity index (χ4v) is 5.53. The van der Waals surface area contributed by atoms with E-state index in [1.807, 2.05) is 0 Å². The largest absolute Gasteiger partial charge is 0.368 e. The minimum Gasteiger partial charge on any atom is -0.368 e. The Labute approximate surface area is 144 Å². The van der Waals surface area contributed by atoms with Gasteiger partial charge in [-0.3, -0.25) is 4.98 Å². The number of benzene rings is 1. The highest BCUT2D eigenvalue weighted by Gasteiger charge is 2.54. The molecule has 2 aliphatic carbocycles. The minimum absolute atomic E-state index is 0.369. The molecule has 2 heterocycles. The van der Waals surface area contributed by atoms with Crippen LogP contribution in [0.3, 0.4) is 0 Å². The average molecular weight is 321 g/mol. The zero-order valence-corrected chi connectivity index (χ0v) is 15.0. The second kappa shape index (κ2) is 4.95. The van der Waals surface area contributed by atoms with Crippen molar-refractivity contribution in [2.75, 3.05) is 38.1 Å². The van der Waals surface area contributed by atoms with Crippen molar-refractivity contribution < 1.29 is 0 Å². The van der Waals surface area contributed by atoms with Crippen molar-refractivity contribution >= 4 is 16.6 Å². The van der Waals surface area contributed by atoms with Crippen LogP contribution in [-0.2, 0) is 0 Å². The van der Waals surface area contributed by atoms with Crippen LogP contribution in [0.25, 0.3) is 10.9 Å². The fourth-order valence-electron chi connectivity index (χ4n) is 5.53. The number of likely N-dealkylation sites (N-methyl/N-ethyl adjacent to an activating group) is 1. The summed E-state index contributed by atoms with van der Waals surface area (Å²) in [6.07, 6.45) is 2.66. The first-order valence-electron chi connectivity index (χ1n) is 9.43. The van der Waals surface area contributed by atoms with E-state index in [-0.39, 0.29) is 0 Å². The number of hydrogen-bond acceptors (Lipinski definition) is 3. The van der Waals surface area contributed by atoms with E-state index in [9.17, 15) is 0 Å². The van der Waals surface area contributed by atoms with Crippen LogP contribution >= 0.6 is 0 Å². The van der Waals surface area contributed by atoms with Crippen LogP contribution in [0.4, 0.5) is 5.69 Å². The summed E-state index contributed by atoms with van der Waals surface area (Å²) in [6, 6.07) is 8.80. The Morgan fingerprint density at radius 2 is 1.71 bits per heavy atom. The standard InChI is InChI=1S/C21H27N3/c1-21(2)15-8-9-16(21)19-18(15)20(24-12-10-23(3)11-13-24)14-6-4-5-7-17(14)22-19/h4-7,15-16H,8-13H2,1-3H3/t15-,16+/m1/s1. The van der Waals surface area contributed by atoms with Crippen molar-refractivity contribution in [3.63, 3.8) is 0 Å². The molecule has 3 nitrogen and oxygen atoms in total. The van der Waals surface area contributed by atoms with E-state index in [2.05, 4.69) is 55.0 Å². The van der Waals surface area contributed by atoms with Crippen LogP contribution < -0.4 is 4.90 Å². The van der Waals surface area contributed by atoms with E-state index >= 15 is 0 Å². The molecule has 2 aromatic rings. The van der Waals surface area contributed by atoms with Crippen molar-refractivity contribution in [1.82, 2.24) is 9.88 Å². The van der Waals surface area contributed by atoms with Gasteiger partial charge < -0.3 is 9.80 Å². The molecule has 3 heteroatoms. The molecule has 1 aliphatic heterocycles. The van der Waals surface area contributed by atoms with Gasteiger partial charge in [0.05, 0.1) is 16.9 Å². The van der Waals surface area contributed by atoms with Gasteiger partial charge in [-0.05, 0) is 37.3 Å². The Morgan fingerprint density at radius 1 is 1.00 bits per heavy atom. The van der Waals surface area contributed by atoms with Crippen molar-refractivity contribution in [3.8, 4) is 0 Å². The monoisotopic (exact) mass is 321 g/mol. The third-order valence-corrected chi connectivity index (χ3v) is 6.97. The smallest absolute Gasteiger partial charge is 0.0726 e. The predicted molar refractivity (Wildman–Crippen MR) is 100.0 cm³/mol. The molecule has 126 valence electrons. The van der Waals surface area contributed by atoms with Crippen LogP contribution in [0.15, 0.2) is 24.3 Å². The zero-order valence-electron chi connectivity index (χ0n) is 15.0. The maximum Gasteiger partial charge on any atom is 0.0726 e. The SMILES string of the molecule is CN1CCN(c2c3c(nc4ccccc24)[C@@H]2CC[C@H]3C2(C)C)CC1. The summed E-state index contributed by atoms with van der Waals surface area (Å²) in [5.74, 6) is 1.33. The maximum atomic E-state index is 5.17. The summed E-state index contributed by atoms with van der Waals surface area (Å²) in [6.45, 7) is 9.51. The summed E-state index contributed by atoms with van der Waals surface area (Å²) in [5.41, 5.74) is 6.09. The van der Waals surface area contributed by atoms with E-state index in [0.717, 1.165) is 26.2 Å². The molecule has 0 unspecified atom stereocenters. The van der Waals surface area contributed by atoms with Gasteiger partial charge in [0.2, 0.25) is 0 Å². The summed E-state index contributed by atoms with van der Waals surface area (Å²) in [4.78, 5) is 10.3. The van der Waals surface area contributed by atoms with E-state index in [0.29, 0.717) is 17.3 Å². The van der Waals surface area contributed by atoms with Gasteiger partial charge in [0.25, 0.3) is 0 Å². The Balaban J connectivity index is 1.75. The van der Waals surface area contributed by atoms with E-state index in [1.54, 1.807) is 5.56 Å².